The van der Waals surface area contributed by atoms with Gasteiger partial charge in [0.05, 0.1) is 24.9 Å². The monoisotopic (exact) mass is 461 g/mol. The smallest absolute Gasteiger partial charge is 0.302 e. The summed E-state index contributed by atoms with van der Waals surface area (Å²) in [5.41, 5.74) is 1.27. The largest absolute Gasteiger partial charge is 0.462 e. The van der Waals surface area contributed by atoms with E-state index in [1.54, 1.807) is 7.11 Å². The number of esters is 1. The van der Waals surface area contributed by atoms with Crippen molar-refractivity contribution in [3.63, 3.8) is 0 Å². The standard InChI is InChI=1S/C26H39NO6/c1-6-27-12-25(13-29-3)8-7-20(31-5)26-17-11-16-18(30-4)9-15(21(17)22(16)32-14(2)28)10-19(23(25)26)33-24(26)27/h10,16-24H,6-9,11-13H2,1-5H3/t16-,17-,18+,19?,20+,21-,22+,23-,24?,25+,26+/m1/s1. The molecule has 2 unspecified atom stereocenters. The first-order valence-electron chi connectivity index (χ1n) is 12.8. The number of ether oxygens (including phenoxy) is 5. The van der Waals surface area contributed by atoms with Gasteiger partial charge in [-0.3, -0.25) is 9.69 Å². The molecule has 0 aromatic carbocycles. The Bertz CT molecular complexity index is 847. The lowest BCUT2D eigenvalue weighted by Gasteiger charge is -2.64. The summed E-state index contributed by atoms with van der Waals surface area (Å²) in [6, 6.07) is 0. The van der Waals surface area contributed by atoms with Crippen molar-refractivity contribution in [2.75, 3.05) is 41.0 Å². The fraction of sp³-hybridized carbons (Fsp3) is 0.885. The highest BCUT2D eigenvalue weighted by Gasteiger charge is 2.78. The van der Waals surface area contributed by atoms with Gasteiger partial charge in [-0.15, -0.1) is 0 Å². The van der Waals surface area contributed by atoms with Gasteiger partial charge in [0, 0.05) is 63.4 Å². The SMILES string of the molecule is CCN1C[C@]2(COC)CC[C@H](OC)[C@@]34C1OC(C=C1C[C@H](OC)[C@H]5C[C@@H]3[C@@H]1[C@H]5OC(C)=O)[C@H]24. The number of carbonyl (C=O) groups excluding carboxylic acids is 1. The number of nitrogens with zero attached hydrogens (tertiary/aromatic N) is 1. The minimum absolute atomic E-state index is 0.0221. The molecular weight excluding hydrogens is 422 g/mol. The van der Waals surface area contributed by atoms with Crippen LogP contribution in [0.1, 0.15) is 39.5 Å². The molecule has 7 bridgehead atoms. The molecule has 0 radical (unpaired) electrons. The second kappa shape index (κ2) is 7.76. The highest BCUT2D eigenvalue weighted by atomic mass is 16.6. The fourth-order valence-electron chi connectivity index (χ4n) is 9.73. The van der Waals surface area contributed by atoms with E-state index in [0.717, 1.165) is 45.4 Å². The molecule has 11 atom stereocenters. The van der Waals surface area contributed by atoms with Crippen molar-refractivity contribution in [3.8, 4) is 0 Å². The number of hydrogen-bond acceptors (Lipinski definition) is 7. The molecule has 2 aliphatic heterocycles. The lowest BCUT2D eigenvalue weighted by molar-refractivity contribution is -0.246. The Labute approximate surface area is 197 Å². The molecule has 0 N–H and O–H groups in total. The number of methoxy groups -OCH3 is 3. The van der Waals surface area contributed by atoms with E-state index in [1.165, 1.54) is 12.5 Å². The van der Waals surface area contributed by atoms with Gasteiger partial charge in [-0.05, 0) is 38.1 Å². The number of carbonyl (C=O) groups is 1. The number of likely N-dealkylation sites (tertiary alicyclic amines) is 1. The van der Waals surface area contributed by atoms with Crippen molar-refractivity contribution >= 4 is 5.97 Å². The Balaban J connectivity index is 1.56. The van der Waals surface area contributed by atoms with Gasteiger partial charge in [0.15, 0.2) is 0 Å². The van der Waals surface area contributed by atoms with E-state index in [9.17, 15) is 4.79 Å². The molecule has 5 fully saturated rings. The molecule has 2 saturated heterocycles. The number of rotatable bonds is 6. The topological polar surface area (TPSA) is 66.5 Å². The summed E-state index contributed by atoms with van der Waals surface area (Å²) in [4.78, 5) is 14.8. The summed E-state index contributed by atoms with van der Waals surface area (Å²) < 4.78 is 31.4. The van der Waals surface area contributed by atoms with E-state index in [4.69, 9.17) is 23.7 Å². The molecule has 0 amide bonds. The Hall–Kier alpha value is -0.990. The molecule has 184 valence electrons. The summed E-state index contributed by atoms with van der Waals surface area (Å²) in [6.45, 7) is 6.48. The minimum atomic E-state index is -0.194. The van der Waals surface area contributed by atoms with Gasteiger partial charge in [0.2, 0.25) is 0 Å². The third-order valence-corrected chi connectivity index (χ3v) is 10.4. The average Bonchev–Trinajstić information content (AvgIpc) is 3.15. The normalized spacial score (nSPS) is 51.8. The Morgan fingerprint density at radius 3 is 2.76 bits per heavy atom. The molecule has 3 saturated carbocycles. The van der Waals surface area contributed by atoms with Gasteiger partial charge in [0.25, 0.3) is 0 Å². The minimum Gasteiger partial charge on any atom is -0.462 e. The zero-order chi connectivity index (χ0) is 23.1. The van der Waals surface area contributed by atoms with Crippen molar-refractivity contribution in [1.82, 2.24) is 4.90 Å². The molecule has 0 aromatic heterocycles. The van der Waals surface area contributed by atoms with Crippen molar-refractivity contribution in [3.05, 3.63) is 11.6 Å². The first-order valence-corrected chi connectivity index (χ1v) is 12.8. The summed E-state index contributed by atoms with van der Waals surface area (Å²) >= 11 is 0. The molecule has 2 heterocycles. The van der Waals surface area contributed by atoms with Crippen LogP contribution in [0.5, 0.6) is 0 Å². The van der Waals surface area contributed by atoms with Crippen molar-refractivity contribution in [2.24, 2.45) is 34.5 Å². The molecule has 6 aliphatic rings. The molecule has 33 heavy (non-hydrogen) atoms. The highest BCUT2D eigenvalue weighted by molar-refractivity contribution is 5.66. The second-order valence-electron chi connectivity index (χ2n) is 11.4. The van der Waals surface area contributed by atoms with Crippen LogP contribution in [0.25, 0.3) is 0 Å². The maximum atomic E-state index is 12.2. The van der Waals surface area contributed by atoms with Crippen LogP contribution in [0.3, 0.4) is 0 Å². The molecule has 0 aromatic rings. The summed E-state index contributed by atoms with van der Waals surface area (Å²) in [7, 11) is 5.51. The van der Waals surface area contributed by atoms with E-state index in [-0.39, 0.29) is 59.3 Å². The fourth-order valence-corrected chi connectivity index (χ4v) is 9.73. The number of hydrogen-bond donors (Lipinski definition) is 0. The first kappa shape index (κ1) is 22.5. The quantitative estimate of drug-likeness (QED) is 0.445. The molecule has 0 spiro atoms. The predicted octanol–water partition coefficient (Wildman–Crippen LogP) is 2.63. The van der Waals surface area contributed by atoms with Gasteiger partial charge >= 0.3 is 5.97 Å². The van der Waals surface area contributed by atoms with E-state index < -0.39 is 0 Å². The van der Waals surface area contributed by atoms with Crippen molar-refractivity contribution in [2.45, 2.75) is 70.2 Å². The van der Waals surface area contributed by atoms with Crippen LogP contribution in [0, 0.1) is 34.5 Å². The Morgan fingerprint density at radius 2 is 2.09 bits per heavy atom. The van der Waals surface area contributed by atoms with E-state index in [2.05, 4.69) is 17.9 Å². The van der Waals surface area contributed by atoms with Crippen LogP contribution in [-0.2, 0) is 28.5 Å². The summed E-state index contributed by atoms with van der Waals surface area (Å²) in [5.74, 6) is 0.913. The number of fused-ring (bicyclic) bond motifs is 1. The highest BCUT2D eigenvalue weighted by Crippen LogP contribution is 2.73. The van der Waals surface area contributed by atoms with Crippen LogP contribution >= 0.6 is 0 Å². The third kappa shape index (κ3) is 2.72. The van der Waals surface area contributed by atoms with Gasteiger partial charge in [-0.25, -0.2) is 0 Å². The number of piperidine rings is 1. The molecule has 7 heteroatoms. The van der Waals surface area contributed by atoms with Crippen LogP contribution in [0.4, 0.5) is 0 Å². The zero-order valence-corrected chi connectivity index (χ0v) is 20.6. The zero-order valence-electron chi connectivity index (χ0n) is 20.6. The molecular formula is C26H39NO6. The second-order valence-corrected chi connectivity index (χ2v) is 11.4. The van der Waals surface area contributed by atoms with Gasteiger partial charge in [-0.1, -0.05) is 18.6 Å². The third-order valence-electron chi connectivity index (χ3n) is 10.4. The lowest BCUT2D eigenvalue weighted by Crippen LogP contribution is -2.71. The van der Waals surface area contributed by atoms with Crippen LogP contribution in [-0.4, -0.2) is 82.5 Å². The Kier molecular flexibility index (Phi) is 5.28. The van der Waals surface area contributed by atoms with Crippen molar-refractivity contribution in [1.29, 1.82) is 0 Å². The maximum absolute atomic E-state index is 12.2. The average molecular weight is 462 g/mol. The van der Waals surface area contributed by atoms with E-state index in [0.29, 0.717) is 11.8 Å². The Morgan fingerprint density at radius 1 is 1.27 bits per heavy atom. The molecule has 7 nitrogen and oxygen atoms in total. The van der Waals surface area contributed by atoms with Gasteiger partial charge in [0.1, 0.15) is 12.3 Å². The molecule has 4 aliphatic carbocycles. The van der Waals surface area contributed by atoms with E-state index in [1.807, 2.05) is 14.2 Å². The maximum Gasteiger partial charge on any atom is 0.302 e. The van der Waals surface area contributed by atoms with E-state index >= 15 is 0 Å². The first-order chi connectivity index (χ1) is 15.9. The van der Waals surface area contributed by atoms with Crippen LogP contribution in [0.2, 0.25) is 0 Å². The van der Waals surface area contributed by atoms with Gasteiger partial charge < -0.3 is 23.7 Å². The summed E-state index contributed by atoms with van der Waals surface area (Å²) in [6.07, 6.45) is 6.54. The van der Waals surface area contributed by atoms with Crippen LogP contribution in [0.15, 0.2) is 11.6 Å². The van der Waals surface area contributed by atoms with Gasteiger partial charge in [-0.2, -0.15) is 0 Å². The summed E-state index contributed by atoms with van der Waals surface area (Å²) in [5, 5.41) is 0. The lowest BCUT2D eigenvalue weighted by atomic mass is 9.46. The van der Waals surface area contributed by atoms with Crippen LogP contribution < -0.4 is 0 Å². The predicted molar refractivity (Wildman–Crippen MR) is 120 cm³/mol. The van der Waals surface area contributed by atoms with Crippen molar-refractivity contribution < 1.29 is 28.5 Å². The molecule has 6 rings (SSSR count).